The first kappa shape index (κ1) is 20.4. The first-order chi connectivity index (χ1) is 15.6. The van der Waals surface area contributed by atoms with E-state index < -0.39 is 0 Å². The van der Waals surface area contributed by atoms with Crippen molar-refractivity contribution in [2.75, 3.05) is 36.1 Å². The Morgan fingerprint density at radius 1 is 1.12 bits per heavy atom. The van der Waals surface area contributed by atoms with Gasteiger partial charge in [-0.2, -0.15) is 0 Å². The van der Waals surface area contributed by atoms with Crippen LogP contribution in [0.15, 0.2) is 41.8 Å². The number of fused-ring (bicyclic) bond motifs is 1. The topological polar surface area (TPSA) is 96.7 Å². The van der Waals surface area contributed by atoms with E-state index in [4.69, 9.17) is 14.7 Å². The van der Waals surface area contributed by atoms with Crippen molar-refractivity contribution < 1.29 is 4.74 Å². The van der Waals surface area contributed by atoms with Crippen molar-refractivity contribution in [2.45, 2.75) is 32.9 Å². The van der Waals surface area contributed by atoms with Gasteiger partial charge in [0.2, 0.25) is 0 Å². The smallest absolute Gasteiger partial charge is 0.161 e. The third kappa shape index (κ3) is 3.91. The Kier molecular flexibility index (Phi) is 5.48. The maximum atomic E-state index is 10.8. The lowest BCUT2D eigenvalue weighted by Crippen LogP contribution is -2.45. The largest absolute Gasteiger partial charge is 0.377 e. The summed E-state index contributed by atoms with van der Waals surface area (Å²) < 4.78 is 5.66. The van der Waals surface area contributed by atoms with Crippen molar-refractivity contribution in [1.82, 2.24) is 19.9 Å². The molecule has 0 amide bonds. The molecule has 9 nitrogen and oxygen atoms in total. The minimum Gasteiger partial charge on any atom is -0.377 e. The van der Waals surface area contributed by atoms with Crippen molar-refractivity contribution in [1.29, 1.82) is 0 Å². The fourth-order valence-electron chi connectivity index (χ4n) is 4.30. The zero-order valence-corrected chi connectivity index (χ0v) is 18.2. The molecule has 1 aromatic carbocycles. The molecule has 0 saturated carbocycles. The zero-order chi connectivity index (χ0) is 22.1. The van der Waals surface area contributed by atoms with E-state index in [9.17, 15) is 4.91 Å². The average molecular weight is 432 g/mol. The van der Waals surface area contributed by atoms with E-state index in [1.807, 2.05) is 25.1 Å². The van der Waals surface area contributed by atoms with Crippen LogP contribution >= 0.6 is 0 Å². The van der Waals surface area contributed by atoms with Gasteiger partial charge in [-0.05, 0) is 49.7 Å². The fourth-order valence-corrected chi connectivity index (χ4v) is 4.30. The van der Waals surface area contributed by atoms with E-state index in [0.29, 0.717) is 31.3 Å². The number of morpholine rings is 1. The van der Waals surface area contributed by atoms with Crippen molar-refractivity contribution in [3.8, 4) is 11.4 Å². The van der Waals surface area contributed by atoms with Crippen LogP contribution in [-0.4, -0.2) is 52.3 Å². The summed E-state index contributed by atoms with van der Waals surface area (Å²) in [7, 11) is 0. The molecule has 2 aliphatic rings. The van der Waals surface area contributed by atoms with Gasteiger partial charge >= 0.3 is 0 Å². The number of aromatic nitrogens is 4. The summed E-state index contributed by atoms with van der Waals surface area (Å²) in [6.45, 7) is 7.80. The molecule has 2 aromatic heterocycles. The fraction of sp³-hybridized carbons (Fsp3) is 0.391. The van der Waals surface area contributed by atoms with E-state index in [2.05, 4.69) is 31.9 Å². The van der Waals surface area contributed by atoms with Crippen LogP contribution in [0.1, 0.15) is 23.9 Å². The summed E-state index contributed by atoms with van der Waals surface area (Å²) in [4.78, 5) is 34.0. The highest BCUT2D eigenvalue weighted by molar-refractivity contribution is 5.64. The summed E-state index contributed by atoms with van der Waals surface area (Å²) >= 11 is 0. The lowest BCUT2D eigenvalue weighted by atomic mass is 10.0. The van der Waals surface area contributed by atoms with Crippen molar-refractivity contribution in [2.24, 2.45) is 5.18 Å². The number of anilines is 2. The van der Waals surface area contributed by atoms with Crippen molar-refractivity contribution >= 4 is 17.3 Å². The molecular formula is C23H25N7O2. The lowest BCUT2D eigenvalue weighted by molar-refractivity contribution is 0.0984. The predicted octanol–water partition coefficient (Wildman–Crippen LogP) is 3.43. The maximum Gasteiger partial charge on any atom is 0.161 e. The summed E-state index contributed by atoms with van der Waals surface area (Å²) in [5.41, 5.74) is 4.38. The van der Waals surface area contributed by atoms with Gasteiger partial charge in [-0.3, -0.25) is 0 Å². The molecule has 0 spiro atoms. The Hall–Kier alpha value is -3.46. The number of nitroso groups, excluding NO2 is 1. The molecule has 1 fully saturated rings. The van der Waals surface area contributed by atoms with Gasteiger partial charge in [-0.1, -0.05) is 0 Å². The molecule has 0 N–H and O–H groups in total. The number of aryl methyl sites for hydroxylation is 1. The van der Waals surface area contributed by atoms with Crippen LogP contribution in [0, 0.1) is 11.8 Å². The van der Waals surface area contributed by atoms with Gasteiger partial charge in [0.15, 0.2) is 5.82 Å². The van der Waals surface area contributed by atoms with Crippen LogP contribution < -0.4 is 9.80 Å². The Labute approximate surface area is 186 Å². The lowest BCUT2D eigenvalue weighted by Gasteiger charge is -2.38. The van der Waals surface area contributed by atoms with Gasteiger partial charge in [0.25, 0.3) is 0 Å². The highest BCUT2D eigenvalue weighted by atomic mass is 16.5. The number of hydrogen-bond donors (Lipinski definition) is 0. The molecule has 1 saturated heterocycles. The molecule has 5 rings (SSSR count). The summed E-state index contributed by atoms with van der Waals surface area (Å²) in [6, 6.07) is 9.32. The third-order valence-corrected chi connectivity index (χ3v) is 6.03. The Bertz CT molecular complexity index is 1140. The molecule has 1 atom stereocenters. The van der Waals surface area contributed by atoms with Crippen LogP contribution in [0.4, 0.5) is 17.3 Å². The number of hydrogen-bond acceptors (Lipinski definition) is 9. The Morgan fingerprint density at radius 3 is 2.72 bits per heavy atom. The molecule has 32 heavy (non-hydrogen) atoms. The van der Waals surface area contributed by atoms with Crippen LogP contribution in [0.2, 0.25) is 0 Å². The van der Waals surface area contributed by atoms with Crippen molar-refractivity contribution in [3.05, 3.63) is 58.5 Å². The molecule has 164 valence electrons. The number of benzene rings is 1. The second kappa shape index (κ2) is 8.58. The number of rotatable bonds is 4. The molecule has 4 heterocycles. The van der Waals surface area contributed by atoms with Crippen molar-refractivity contribution in [3.63, 3.8) is 0 Å². The van der Waals surface area contributed by atoms with Gasteiger partial charge < -0.3 is 14.5 Å². The first-order valence-electron chi connectivity index (χ1n) is 10.8. The molecule has 2 aliphatic heterocycles. The molecule has 0 bridgehead atoms. The minimum atomic E-state index is 0.236. The van der Waals surface area contributed by atoms with Gasteiger partial charge in [-0.25, -0.2) is 19.9 Å². The van der Waals surface area contributed by atoms with Gasteiger partial charge in [-0.15, -0.1) is 4.91 Å². The first-order valence-corrected chi connectivity index (χ1v) is 10.8. The SMILES string of the molecule is Cc1cc(N2CCc3c(nc(-c4ccc(N=O)cc4)nc3N3CCOC[C@@H]3C)C2)ncn1. The number of nitrogens with zero attached hydrogens (tertiary/aromatic N) is 7. The summed E-state index contributed by atoms with van der Waals surface area (Å²) in [6.07, 6.45) is 2.45. The molecule has 3 aromatic rings. The van der Waals surface area contributed by atoms with E-state index in [0.717, 1.165) is 48.1 Å². The Balaban J connectivity index is 1.58. The molecule has 0 radical (unpaired) electrons. The molecule has 9 heteroatoms. The monoisotopic (exact) mass is 431 g/mol. The highest BCUT2D eigenvalue weighted by Crippen LogP contribution is 2.33. The normalized spacial score (nSPS) is 18.4. The predicted molar refractivity (Wildman–Crippen MR) is 122 cm³/mol. The van der Waals surface area contributed by atoms with Gasteiger partial charge in [0.1, 0.15) is 23.7 Å². The third-order valence-electron chi connectivity index (χ3n) is 6.03. The standard InChI is InChI=1S/C23H25N7O2/c1-15-11-21(25-14-24-15)29-8-7-19-20(12-29)26-22(17-3-5-18(28-31)6-4-17)27-23(19)30-9-10-32-13-16(30)2/h3-6,11,14,16H,7-10,12-13H2,1-2H3/t16-/m0/s1. The maximum absolute atomic E-state index is 10.8. The summed E-state index contributed by atoms with van der Waals surface area (Å²) in [5, 5.41) is 3.00. The van der Waals surface area contributed by atoms with Crippen LogP contribution in [-0.2, 0) is 17.7 Å². The minimum absolute atomic E-state index is 0.236. The second-order valence-corrected chi connectivity index (χ2v) is 8.24. The van der Waals surface area contributed by atoms with E-state index in [1.165, 1.54) is 5.56 Å². The highest BCUT2D eigenvalue weighted by Gasteiger charge is 2.29. The summed E-state index contributed by atoms with van der Waals surface area (Å²) in [5.74, 6) is 2.54. The van der Waals surface area contributed by atoms with Gasteiger partial charge in [0, 0.05) is 36.0 Å². The van der Waals surface area contributed by atoms with E-state index >= 15 is 0 Å². The molecular weight excluding hydrogens is 406 g/mol. The molecule has 0 aliphatic carbocycles. The van der Waals surface area contributed by atoms with Crippen LogP contribution in [0.25, 0.3) is 11.4 Å². The van der Waals surface area contributed by atoms with E-state index in [1.54, 1.807) is 18.5 Å². The number of ether oxygens (including phenoxy) is 1. The molecule has 0 unspecified atom stereocenters. The average Bonchev–Trinajstić information content (AvgIpc) is 2.83. The zero-order valence-electron chi connectivity index (χ0n) is 18.2. The second-order valence-electron chi connectivity index (χ2n) is 8.24. The van der Waals surface area contributed by atoms with E-state index in [-0.39, 0.29) is 6.04 Å². The van der Waals surface area contributed by atoms with Gasteiger partial charge in [0.05, 0.1) is 31.5 Å². The Morgan fingerprint density at radius 2 is 1.97 bits per heavy atom. The quantitative estimate of drug-likeness (QED) is 0.580. The van der Waals surface area contributed by atoms with Crippen LogP contribution in [0.5, 0.6) is 0 Å². The van der Waals surface area contributed by atoms with Crippen LogP contribution in [0.3, 0.4) is 0 Å².